The summed E-state index contributed by atoms with van der Waals surface area (Å²) in [6.07, 6.45) is 2.24. The van der Waals surface area contributed by atoms with Gasteiger partial charge in [0, 0.05) is 9.52 Å². The molecule has 0 aliphatic carbocycles. The summed E-state index contributed by atoms with van der Waals surface area (Å²) in [4.78, 5) is 0. The molecule has 0 saturated carbocycles. The van der Waals surface area contributed by atoms with Gasteiger partial charge in [-0.25, -0.2) is 0 Å². The Labute approximate surface area is 299 Å². The Balaban J connectivity index is 0.000000214. The molecule has 0 amide bonds. The van der Waals surface area contributed by atoms with Crippen molar-refractivity contribution in [3.8, 4) is 22.3 Å². The summed E-state index contributed by atoms with van der Waals surface area (Å²) < 4.78 is 0. The summed E-state index contributed by atoms with van der Waals surface area (Å²) in [7, 11) is 11.0. The van der Waals surface area contributed by atoms with E-state index >= 15 is 0 Å². The Kier molecular flexibility index (Phi) is 15.3. The number of rotatable bonds is 4. The van der Waals surface area contributed by atoms with Gasteiger partial charge in [-0.1, -0.05) is 139 Å². The number of hydrogen-bond donors (Lipinski definition) is 0. The van der Waals surface area contributed by atoms with Crippen molar-refractivity contribution in [2.24, 2.45) is 10.8 Å². The zero-order valence-corrected chi connectivity index (χ0v) is 33.7. The van der Waals surface area contributed by atoms with E-state index in [0.29, 0.717) is 10.8 Å². The molecular weight excluding hydrogens is 695 g/mol. The van der Waals surface area contributed by atoms with Gasteiger partial charge in [-0.05, 0) is 34.8 Å². The summed E-state index contributed by atoms with van der Waals surface area (Å²) in [6.45, 7) is 18.1. The van der Waals surface area contributed by atoms with Crippen molar-refractivity contribution in [2.45, 2.75) is 67.5 Å². The summed E-state index contributed by atoms with van der Waals surface area (Å²) in [5.41, 5.74) is 8.81. The second-order valence-corrected chi connectivity index (χ2v) is 18.9. The van der Waals surface area contributed by atoms with E-state index in [2.05, 4.69) is 176 Å². The third kappa shape index (κ3) is 12.1. The fraction of sp³-hybridized carbons (Fsp3) is 0.286. The fourth-order valence-electron chi connectivity index (χ4n) is 5.76. The van der Waals surface area contributed by atoms with E-state index in [0.717, 1.165) is 22.4 Å². The van der Waals surface area contributed by atoms with E-state index in [-0.39, 0.29) is 0 Å². The Hall–Kier alpha value is -2.22. The number of hydrogen-bond acceptors (Lipinski definition) is 0. The molecule has 6 aromatic carbocycles. The Bertz CT molecular complexity index is 1600. The van der Waals surface area contributed by atoms with E-state index in [9.17, 15) is 0 Å². The number of halogens is 2. The molecule has 0 bridgehead atoms. The topological polar surface area (TPSA) is 0 Å². The average molecular weight is 743 g/mol. The van der Waals surface area contributed by atoms with Crippen LogP contribution in [0.5, 0.6) is 0 Å². The first kappa shape index (κ1) is 38.2. The monoisotopic (exact) mass is 740 g/mol. The Morgan fingerprint density at radius 3 is 1.17 bits per heavy atom. The first-order valence-electron chi connectivity index (χ1n) is 15.9. The van der Waals surface area contributed by atoms with E-state index < -0.39 is 20.8 Å². The van der Waals surface area contributed by atoms with E-state index in [1.54, 1.807) is 0 Å². The van der Waals surface area contributed by atoms with Crippen LogP contribution in [0.1, 0.15) is 52.7 Å². The van der Waals surface area contributed by atoms with Crippen molar-refractivity contribution in [1.29, 1.82) is 0 Å². The van der Waals surface area contributed by atoms with Crippen LogP contribution in [0.3, 0.4) is 0 Å². The normalized spacial score (nSPS) is 11.0. The van der Waals surface area contributed by atoms with Gasteiger partial charge in [0.1, 0.15) is 0 Å². The van der Waals surface area contributed by atoms with E-state index in [1.165, 1.54) is 54.9 Å². The van der Waals surface area contributed by atoms with Crippen LogP contribution in [0.2, 0.25) is 13.1 Å². The van der Waals surface area contributed by atoms with Crippen molar-refractivity contribution >= 4 is 48.1 Å². The molecule has 6 aromatic rings. The fourth-order valence-corrected chi connectivity index (χ4v) is 5.76. The summed E-state index contributed by atoms with van der Waals surface area (Å²) in [6, 6.07) is 43.9. The second-order valence-electron chi connectivity index (χ2n) is 14.1. The average Bonchev–Trinajstić information content (AvgIpc) is 3.60. The van der Waals surface area contributed by atoms with Crippen LogP contribution in [-0.4, -0.2) is 9.52 Å². The molecular formula is C42H48Cl2SiZr. The summed E-state index contributed by atoms with van der Waals surface area (Å²) in [5.74, 6) is 0. The van der Waals surface area contributed by atoms with Crippen molar-refractivity contribution in [3.05, 3.63) is 132 Å². The molecule has 0 aliphatic rings. The molecule has 2 radical (unpaired) electrons. The van der Waals surface area contributed by atoms with Crippen LogP contribution in [0, 0.1) is 10.8 Å². The predicted octanol–water partition coefficient (Wildman–Crippen LogP) is 13.8. The zero-order chi connectivity index (χ0) is 33.7. The van der Waals surface area contributed by atoms with Gasteiger partial charge in [0.15, 0.2) is 0 Å². The first-order valence-corrected chi connectivity index (χ1v) is 24.2. The van der Waals surface area contributed by atoms with Crippen LogP contribution in [0.15, 0.2) is 121 Å². The molecule has 6 rings (SSSR count). The van der Waals surface area contributed by atoms with Gasteiger partial charge < -0.3 is 0 Å². The van der Waals surface area contributed by atoms with Gasteiger partial charge in [0.05, 0.1) is 0 Å². The van der Waals surface area contributed by atoms with E-state index in [1.807, 2.05) is 0 Å². The van der Waals surface area contributed by atoms with Crippen LogP contribution >= 0.6 is 17.0 Å². The van der Waals surface area contributed by atoms with Gasteiger partial charge >= 0.3 is 37.9 Å². The third-order valence-electron chi connectivity index (χ3n) is 7.26. The molecule has 0 heterocycles. The van der Waals surface area contributed by atoms with Crippen LogP contribution in [-0.2, 0) is 33.7 Å². The number of fused-ring (bicyclic) bond motifs is 2. The van der Waals surface area contributed by atoms with Gasteiger partial charge in [-0.2, -0.15) is 12.1 Å². The zero-order valence-electron chi connectivity index (χ0n) is 28.7. The maximum absolute atomic E-state index is 4.93. The predicted molar refractivity (Wildman–Crippen MR) is 205 cm³/mol. The van der Waals surface area contributed by atoms with Crippen LogP contribution in [0.25, 0.3) is 43.8 Å². The first-order chi connectivity index (χ1) is 21.9. The van der Waals surface area contributed by atoms with Gasteiger partial charge in [0.25, 0.3) is 0 Å². The Morgan fingerprint density at radius 1 is 0.543 bits per heavy atom. The van der Waals surface area contributed by atoms with Crippen molar-refractivity contribution < 1.29 is 20.8 Å². The molecule has 0 saturated heterocycles. The SMILES string of the molecule is CC(C)(C)Cc1cc2c(-c3ccccc3)cccc2[cH-]1.CC(C)(C)Cc1cc2c(-c3ccccc3)cccc2[cH-]1.C[Si]C.[Cl][Zr+2][Cl]. The summed E-state index contributed by atoms with van der Waals surface area (Å²) in [5, 5.41) is 5.45. The van der Waals surface area contributed by atoms with Crippen LogP contribution < -0.4 is 0 Å². The molecule has 4 heteroatoms. The van der Waals surface area contributed by atoms with Crippen molar-refractivity contribution in [1.82, 2.24) is 0 Å². The second kappa shape index (κ2) is 18.4. The molecule has 0 aliphatic heterocycles. The molecule has 238 valence electrons. The standard InChI is InChI=1S/2C20H21.C2H6Si.2ClH.Zr/c2*1-20(2,3)14-15-12-17-10-7-11-18(19(17)13-15)16-8-5-4-6-9-16;1-3-2;;;/h2*4-13H,14H2,1-3H3;1-2H3;2*1H;/q2*-1;;;;+4/p-2. The summed E-state index contributed by atoms with van der Waals surface area (Å²) >= 11 is -0.826. The van der Waals surface area contributed by atoms with E-state index in [4.69, 9.17) is 17.0 Å². The third-order valence-corrected chi connectivity index (χ3v) is 7.26. The Morgan fingerprint density at radius 2 is 0.870 bits per heavy atom. The number of benzene rings is 4. The molecule has 0 N–H and O–H groups in total. The van der Waals surface area contributed by atoms with Crippen molar-refractivity contribution in [3.63, 3.8) is 0 Å². The molecule has 0 nitrogen and oxygen atoms in total. The molecule has 0 unspecified atom stereocenters. The molecule has 46 heavy (non-hydrogen) atoms. The minimum atomic E-state index is -0.826. The van der Waals surface area contributed by atoms with Crippen molar-refractivity contribution in [2.75, 3.05) is 0 Å². The molecule has 0 aromatic heterocycles. The van der Waals surface area contributed by atoms with Crippen LogP contribution in [0.4, 0.5) is 0 Å². The maximum atomic E-state index is 4.93. The minimum absolute atomic E-state index is 0.331. The van der Waals surface area contributed by atoms with Gasteiger partial charge in [-0.15, -0.1) is 69.1 Å². The quantitative estimate of drug-likeness (QED) is 0.125. The molecule has 0 spiro atoms. The van der Waals surface area contributed by atoms with Gasteiger partial charge in [0.2, 0.25) is 0 Å². The molecule has 0 atom stereocenters. The molecule has 0 fully saturated rings. The van der Waals surface area contributed by atoms with Gasteiger partial charge in [-0.3, -0.25) is 0 Å².